The van der Waals surface area contributed by atoms with Gasteiger partial charge in [-0.05, 0) is 36.8 Å². The smallest absolute Gasteiger partial charge is 0.337 e. The molecule has 0 aliphatic carbocycles. The molecule has 0 saturated heterocycles. The third-order valence-corrected chi connectivity index (χ3v) is 4.06. The lowest BCUT2D eigenvalue weighted by Crippen LogP contribution is -2.15. The van der Waals surface area contributed by atoms with Gasteiger partial charge >= 0.3 is 5.97 Å². The Hall–Kier alpha value is -2.27. The van der Waals surface area contributed by atoms with Crippen LogP contribution in [-0.2, 0) is 9.53 Å². The largest absolute Gasteiger partial charge is 0.465 e. The molecule has 0 saturated carbocycles. The zero-order valence-electron chi connectivity index (χ0n) is 12.5. The van der Waals surface area contributed by atoms with E-state index in [9.17, 15) is 9.59 Å². The van der Waals surface area contributed by atoms with Crippen LogP contribution in [0.5, 0.6) is 0 Å². The van der Waals surface area contributed by atoms with Crippen molar-refractivity contribution in [1.82, 2.24) is 0 Å². The molecule has 2 aromatic carbocycles. The first-order valence-corrected chi connectivity index (χ1v) is 7.75. The van der Waals surface area contributed by atoms with Crippen molar-refractivity contribution in [2.75, 3.05) is 18.2 Å². The van der Waals surface area contributed by atoms with Crippen LogP contribution in [0.4, 0.5) is 5.69 Å². The fourth-order valence-electron chi connectivity index (χ4n) is 1.85. The molecule has 0 aromatic heterocycles. The number of methoxy groups -OCH3 is 1. The number of amides is 1. The molecule has 2 aromatic rings. The van der Waals surface area contributed by atoms with E-state index in [-0.39, 0.29) is 5.91 Å². The van der Waals surface area contributed by atoms with Crippen molar-refractivity contribution in [2.24, 2.45) is 0 Å². The van der Waals surface area contributed by atoms with Gasteiger partial charge in [0.1, 0.15) is 0 Å². The standard InChI is InChI=1S/C17H17NO3S/c1-12-8-9-13(17(20)21-2)10-15(12)18-16(19)11-22-14-6-4-3-5-7-14/h3-10H,11H2,1-2H3,(H,18,19). The molecule has 114 valence electrons. The zero-order valence-corrected chi connectivity index (χ0v) is 13.3. The Labute approximate surface area is 133 Å². The van der Waals surface area contributed by atoms with Crippen LogP contribution in [0.2, 0.25) is 0 Å². The van der Waals surface area contributed by atoms with Crippen LogP contribution in [0.25, 0.3) is 0 Å². The van der Waals surface area contributed by atoms with E-state index < -0.39 is 5.97 Å². The van der Waals surface area contributed by atoms with Gasteiger partial charge in [0.2, 0.25) is 5.91 Å². The summed E-state index contributed by atoms with van der Waals surface area (Å²) in [6.07, 6.45) is 0. The number of carbonyl (C=O) groups excluding carboxylic acids is 2. The van der Waals surface area contributed by atoms with Gasteiger partial charge in [0.15, 0.2) is 0 Å². The molecule has 0 bridgehead atoms. The van der Waals surface area contributed by atoms with Crippen LogP contribution >= 0.6 is 11.8 Å². The Balaban J connectivity index is 2.00. The van der Waals surface area contributed by atoms with E-state index in [1.54, 1.807) is 18.2 Å². The molecule has 0 atom stereocenters. The average molecular weight is 315 g/mol. The predicted molar refractivity (Wildman–Crippen MR) is 88.3 cm³/mol. The minimum atomic E-state index is -0.422. The molecule has 4 nitrogen and oxygen atoms in total. The first-order valence-electron chi connectivity index (χ1n) is 6.77. The molecule has 2 rings (SSSR count). The van der Waals surface area contributed by atoms with Gasteiger partial charge in [0.25, 0.3) is 0 Å². The van der Waals surface area contributed by atoms with Crippen molar-refractivity contribution in [3.63, 3.8) is 0 Å². The number of esters is 1. The third kappa shape index (κ3) is 4.36. The third-order valence-electron chi connectivity index (χ3n) is 3.05. The van der Waals surface area contributed by atoms with Crippen molar-refractivity contribution < 1.29 is 14.3 Å². The minimum absolute atomic E-state index is 0.112. The number of thioether (sulfide) groups is 1. The topological polar surface area (TPSA) is 55.4 Å². The number of hydrogen-bond donors (Lipinski definition) is 1. The summed E-state index contributed by atoms with van der Waals surface area (Å²) in [4.78, 5) is 24.6. The van der Waals surface area contributed by atoms with E-state index in [0.717, 1.165) is 10.5 Å². The molecule has 0 unspecified atom stereocenters. The summed E-state index contributed by atoms with van der Waals surface area (Å²) in [6, 6.07) is 14.8. The van der Waals surface area contributed by atoms with Crippen LogP contribution in [0.3, 0.4) is 0 Å². The highest BCUT2D eigenvalue weighted by atomic mass is 32.2. The summed E-state index contributed by atoms with van der Waals surface area (Å²) in [7, 11) is 1.33. The van der Waals surface area contributed by atoms with E-state index in [0.29, 0.717) is 17.0 Å². The monoisotopic (exact) mass is 315 g/mol. The quantitative estimate of drug-likeness (QED) is 0.677. The number of carbonyl (C=O) groups is 2. The molecule has 5 heteroatoms. The minimum Gasteiger partial charge on any atom is -0.465 e. The molecule has 0 spiro atoms. The number of nitrogens with one attached hydrogen (secondary N) is 1. The first-order chi connectivity index (χ1) is 10.6. The van der Waals surface area contributed by atoms with Crippen molar-refractivity contribution in [3.05, 3.63) is 59.7 Å². The lowest BCUT2D eigenvalue weighted by Gasteiger charge is -2.10. The van der Waals surface area contributed by atoms with Crippen LogP contribution in [0, 0.1) is 6.92 Å². The van der Waals surface area contributed by atoms with Gasteiger partial charge in [0, 0.05) is 10.6 Å². The normalized spacial score (nSPS) is 10.1. The molecule has 1 N–H and O–H groups in total. The number of hydrogen-bond acceptors (Lipinski definition) is 4. The molecule has 0 aliphatic rings. The summed E-state index contributed by atoms with van der Waals surface area (Å²) in [6.45, 7) is 1.88. The highest BCUT2D eigenvalue weighted by Crippen LogP contribution is 2.20. The Kier molecular flexibility index (Phi) is 5.61. The highest BCUT2D eigenvalue weighted by molar-refractivity contribution is 8.00. The van der Waals surface area contributed by atoms with Gasteiger partial charge in [-0.1, -0.05) is 24.3 Å². The maximum atomic E-state index is 12.0. The molecular formula is C17H17NO3S. The highest BCUT2D eigenvalue weighted by Gasteiger charge is 2.10. The van der Waals surface area contributed by atoms with Gasteiger partial charge in [-0.25, -0.2) is 4.79 Å². The number of ether oxygens (including phenoxy) is 1. The van der Waals surface area contributed by atoms with Gasteiger partial charge in [0.05, 0.1) is 18.4 Å². The number of aryl methyl sites for hydroxylation is 1. The SMILES string of the molecule is COC(=O)c1ccc(C)c(NC(=O)CSc2ccccc2)c1. The molecule has 0 aliphatic heterocycles. The van der Waals surface area contributed by atoms with E-state index in [4.69, 9.17) is 0 Å². The van der Waals surface area contributed by atoms with E-state index in [1.165, 1.54) is 18.9 Å². The predicted octanol–water partition coefficient (Wildman–Crippen LogP) is 3.51. The lowest BCUT2D eigenvalue weighted by molar-refractivity contribution is -0.113. The van der Waals surface area contributed by atoms with Crippen LogP contribution in [0.15, 0.2) is 53.4 Å². The van der Waals surface area contributed by atoms with Crippen LogP contribution in [0.1, 0.15) is 15.9 Å². The second-order valence-electron chi connectivity index (χ2n) is 4.67. The van der Waals surface area contributed by atoms with Gasteiger partial charge in [-0.3, -0.25) is 4.79 Å². The van der Waals surface area contributed by atoms with Crippen molar-refractivity contribution >= 4 is 29.3 Å². The Morgan fingerprint density at radius 2 is 1.86 bits per heavy atom. The molecule has 22 heavy (non-hydrogen) atoms. The average Bonchev–Trinajstić information content (AvgIpc) is 2.55. The number of anilines is 1. The van der Waals surface area contributed by atoms with Gasteiger partial charge in [-0.2, -0.15) is 0 Å². The van der Waals surface area contributed by atoms with Crippen LogP contribution in [-0.4, -0.2) is 24.7 Å². The van der Waals surface area contributed by atoms with Gasteiger partial charge in [-0.15, -0.1) is 11.8 Å². The molecule has 0 radical (unpaired) electrons. The molecule has 0 fully saturated rings. The Bertz CT molecular complexity index is 671. The first kappa shape index (κ1) is 16.1. The van der Waals surface area contributed by atoms with Crippen molar-refractivity contribution in [2.45, 2.75) is 11.8 Å². The molecular weight excluding hydrogens is 298 g/mol. The fraction of sp³-hybridized carbons (Fsp3) is 0.176. The van der Waals surface area contributed by atoms with Crippen LogP contribution < -0.4 is 5.32 Å². The van der Waals surface area contributed by atoms with Crippen molar-refractivity contribution in [3.8, 4) is 0 Å². The maximum absolute atomic E-state index is 12.0. The molecule has 0 heterocycles. The van der Waals surface area contributed by atoms with E-state index >= 15 is 0 Å². The molecule has 1 amide bonds. The summed E-state index contributed by atoms with van der Waals surface area (Å²) in [5.41, 5.74) is 1.94. The fourth-order valence-corrected chi connectivity index (χ4v) is 2.57. The summed E-state index contributed by atoms with van der Waals surface area (Å²) in [5.74, 6) is -0.223. The number of rotatable bonds is 5. The lowest BCUT2D eigenvalue weighted by atomic mass is 10.1. The summed E-state index contributed by atoms with van der Waals surface area (Å²) in [5, 5.41) is 2.83. The van der Waals surface area contributed by atoms with E-state index in [2.05, 4.69) is 10.1 Å². The van der Waals surface area contributed by atoms with Crippen molar-refractivity contribution in [1.29, 1.82) is 0 Å². The van der Waals surface area contributed by atoms with Gasteiger partial charge < -0.3 is 10.1 Å². The second-order valence-corrected chi connectivity index (χ2v) is 5.72. The Morgan fingerprint density at radius 1 is 1.14 bits per heavy atom. The Morgan fingerprint density at radius 3 is 2.55 bits per heavy atom. The second kappa shape index (κ2) is 7.66. The summed E-state index contributed by atoms with van der Waals surface area (Å²) >= 11 is 1.46. The maximum Gasteiger partial charge on any atom is 0.337 e. The summed E-state index contributed by atoms with van der Waals surface area (Å²) < 4.78 is 4.69. The zero-order chi connectivity index (χ0) is 15.9. The number of benzene rings is 2. The van der Waals surface area contributed by atoms with E-state index in [1.807, 2.05) is 37.3 Å².